The Kier molecular flexibility index (Phi) is 7.45. The van der Waals surface area contributed by atoms with E-state index in [9.17, 15) is 14.4 Å². The average Bonchev–Trinajstić information content (AvgIpc) is 2.33. The van der Waals surface area contributed by atoms with Crippen molar-refractivity contribution < 1.29 is 24.2 Å². The van der Waals surface area contributed by atoms with E-state index in [1.807, 2.05) is 0 Å². The Hall–Kier alpha value is -1.83. The number of hydrogen-bond acceptors (Lipinski definition) is 4. The van der Waals surface area contributed by atoms with E-state index < -0.39 is 18.0 Å². The SMILES string of the molecule is CNC(=O)CN(C)C(=O)NC(CCOC)C(=O)O. The minimum Gasteiger partial charge on any atom is -0.480 e. The number of likely N-dealkylation sites (N-methyl/N-ethyl adjacent to an activating group) is 2. The van der Waals surface area contributed by atoms with Crippen LogP contribution in [0, 0.1) is 0 Å². The first-order valence-corrected chi connectivity index (χ1v) is 5.36. The van der Waals surface area contributed by atoms with E-state index in [4.69, 9.17) is 9.84 Å². The van der Waals surface area contributed by atoms with Crippen molar-refractivity contribution in [1.29, 1.82) is 0 Å². The fourth-order valence-corrected chi connectivity index (χ4v) is 1.12. The Morgan fingerprint density at radius 1 is 1.39 bits per heavy atom. The maximum Gasteiger partial charge on any atom is 0.326 e. The molecule has 0 radical (unpaired) electrons. The number of carboxylic acids is 1. The molecule has 0 heterocycles. The van der Waals surface area contributed by atoms with Crippen molar-refractivity contribution in [3.05, 3.63) is 0 Å². The number of carbonyl (C=O) groups excluding carboxylic acids is 2. The molecule has 8 nitrogen and oxygen atoms in total. The first kappa shape index (κ1) is 16.2. The smallest absolute Gasteiger partial charge is 0.326 e. The van der Waals surface area contributed by atoms with Crippen molar-refractivity contribution in [2.75, 3.05) is 34.4 Å². The van der Waals surface area contributed by atoms with E-state index in [-0.39, 0.29) is 25.5 Å². The van der Waals surface area contributed by atoms with Gasteiger partial charge in [-0.3, -0.25) is 4.79 Å². The van der Waals surface area contributed by atoms with Crippen molar-refractivity contribution in [1.82, 2.24) is 15.5 Å². The van der Waals surface area contributed by atoms with Gasteiger partial charge >= 0.3 is 12.0 Å². The number of nitrogens with zero attached hydrogens (tertiary/aromatic N) is 1. The number of urea groups is 1. The van der Waals surface area contributed by atoms with Crippen LogP contribution in [-0.2, 0) is 14.3 Å². The van der Waals surface area contributed by atoms with E-state index in [0.717, 1.165) is 4.90 Å². The van der Waals surface area contributed by atoms with E-state index >= 15 is 0 Å². The fourth-order valence-electron chi connectivity index (χ4n) is 1.12. The second kappa shape index (κ2) is 8.29. The van der Waals surface area contributed by atoms with Crippen LogP contribution in [0.25, 0.3) is 0 Å². The quantitative estimate of drug-likeness (QED) is 0.537. The van der Waals surface area contributed by atoms with E-state index in [2.05, 4.69) is 10.6 Å². The average molecular weight is 261 g/mol. The predicted octanol–water partition coefficient (Wildman–Crippen LogP) is -1.14. The van der Waals surface area contributed by atoms with Crippen LogP contribution in [0.5, 0.6) is 0 Å². The number of methoxy groups -OCH3 is 1. The third kappa shape index (κ3) is 6.04. The maximum absolute atomic E-state index is 11.6. The molecule has 0 aromatic rings. The summed E-state index contributed by atoms with van der Waals surface area (Å²) in [4.78, 5) is 34.6. The van der Waals surface area contributed by atoms with Gasteiger partial charge in [0.2, 0.25) is 5.91 Å². The molecule has 3 amide bonds. The molecule has 1 unspecified atom stereocenters. The molecular weight excluding hydrogens is 242 g/mol. The lowest BCUT2D eigenvalue weighted by Gasteiger charge is -2.20. The second-order valence-electron chi connectivity index (χ2n) is 3.65. The summed E-state index contributed by atoms with van der Waals surface area (Å²) < 4.78 is 4.75. The highest BCUT2D eigenvalue weighted by atomic mass is 16.5. The van der Waals surface area contributed by atoms with Gasteiger partial charge in [0.25, 0.3) is 0 Å². The number of rotatable bonds is 7. The van der Waals surface area contributed by atoms with Crippen LogP contribution in [0.4, 0.5) is 4.79 Å². The van der Waals surface area contributed by atoms with E-state index in [1.54, 1.807) is 0 Å². The second-order valence-corrected chi connectivity index (χ2v) is 3.65. The highest BCUT2D eigenvalue weighted by Gasteiger charge is 2.22. The Morgan fingerprint density at radius 2 is 2.00 bits per heavy atom. The Balaban J connectivity index is 4.31. The first-order valence-electron chi connectivity index (χ1n) is 5.36. The summed E-state index contributed by atoms with van der Waals surface area (Å²) in [5, 5.41) is 13.6. The zero-order chi connectivity index (χ0) is 14.1. The molecule has 0 saturated carbocycles. The predicted molar refractivity (Wildman–Crippen MR) is 63.1 cm³/mol. The summed E-state index contributed by atoms with van der Waals surface area (Å²) in [6.45, 7) is 0.0787. The molecular formula is C10H19N3O5. The largest absolute Gasteiger partial charge is 0.480 e. The van der Waals surface area contributed by atoms with E-state index in [0.29, 0.717) is 0 Å². The van der Waals surface area contributed by atoms with Crippen LogP contribution in [0.1, 0.15) is 6.42 Å². The van der Waals surface area contributed by atoms with Crippen LogP contribution in [-0.4, -0.2) is 68.3 Å². The van der Waals surface area contributed by atoms with Crippen LogP contribution in [0.2, 0.25) is 0 Å². The molecule has 1 atom stereocenters. The van der Waals surface area contributed by atoms with Crippen LogP contribution < -0.4 is 10.6 Å². The molecule has 0 aliphatic rings. The Morgan fingerprint density at radius 3 is 2.44 bits per heavy atom. The van der Waals surface area contributed by atoms with Gasteiger partial charge in [-0.05, 0) is 0 Å². The van der Waals surface area contributed by atoms with Gasteiger partial charge < -0.3 is 25.4 Å². The van der Waals surface area contributed by atoms with Gasteiger partial charge in [0.15, 0.2) is 0 Å². The number of nitrogens with one attached hydrogen (secondary N) is 2. The number of ether oxygens (including phenoxy) is 1. The Bertz CT molecular complexity index is 308. The fraction of sp³-hybridized carbons (Fsp3) is 0.700. The van der Waals surface area contributed by atoms with Crippen molar-refractivity contribution in [3.63, 3.8) is 0 Å². The topological polar surface area (TPSA) is 108 Å². The van der Waals surface area contributed by atoms with Crippen LogP contribution in [0.3, 0.4) is 0 Å². The number of hydrogen-bond donors (Lipinski definition) is 3. The summed E-state index contributed by atoms with van der Waals surface area (Å²) >= 11 is 0. The normalized spacial score (nSPS) is 11.5. The minimum absolute atomic E-state index is 0.140. The Labute approximate surface area is 105 Å². The lowest BCUT2D eigenvalue weighted by atomic mass is 10.2. The molecule has 0 aromatic carbocycles. The molecule has 18 heavy (non-hydrogen) atoms. The molecule has 104 valence electrons. The molecule has 3 N–H and O–H groups in total. The van der Waals surface area contributed by atoms with Crippen LogP contribution in [0.15, 0.2) is 0 Å². The number of carboxylic acid groups (broad SMARTS) is 1. The zero-order valence-electron chi connectivity index (χ0n) is 10.7. The molecule has 0 rings (SSSR count). The van der Waals surface area contributed by atoms with Gasteiger partial charge in [-0.25, -0.2) is 9.59 Å². The number of amides is 3. The summed E-state index contributed by atoms with van der Waals surface area (Å²) in [7, 11) is 4.30. The van der Waals surface area contributed by atoms with Crippen LogP contribution >= 0.6 is 0 Å². The number of aliphatic carboxylic acids is 1. The van der Waals surface area contributed by atoms with Gasteiger partial charge in [-0.2, -0.15) is 0 Å². The van der Waals surface area contributed by atoms with E-state index in [1.165, 1.54) is 21.2 Å². The van der Waals surface area contributed by atoms with Gasteiger partial charge in [0.05, 0.1) is 0 Å². The third-order valence-electron chi connectivity index (χ3n) is 2.21. The molecule has 8 heteroatoms. The lowest BCUT2D eigenvalue weighted by Crippen LogP contribution is -2.49. The molecule has 0 spiro atoms. The summed E-state index contributed by atoms with van der Waals surface area (Å²) in [6, 6.07) is -1.66. The molecule has 0 aliphatic carbocycles. The van der Waals surface area contributed by atoms with Crippen molar-refractivity contribution in [3.8, 4) is 0 Å². The number of carbonyl (C=O) groups is 3. The van der Waals surface area contributed by atoms with Crippen molar-refractivity contribution in [2.24, 2.45) is 0 Å². The molecule has 0 aromatic heterocycles. The van der Waals surface area contributed by atoms with Gasteiger partial charge in [-0.15, -0.1) is 0 Å². The zero-order valence-corrected chi connectivity index (χ0v) is 10.7. The minimum atomic E-state index is -1.14. The van der Waals surface area contributed by atoms with Crippen molar-refractivity contribution in [2.45, 2.75) is 12.5 Å². The first-order chi connectivity index (χ1) is 8.42. The summed E-state index contributed by atoms with van der Waals surface area (Å²) in [6.07, 6.45) is 0.158. The standard InChI is InChI=1S/C10H19N3O5/c1-11-8(14)6-13(2)10(17)12-7(9(15)16)4-5-18-3/h7H,4-6H2,1-3H3,(H,11,14)(H,12,17)(H,15,16). The monoisotopic (exact) mass is 261 g/mol. The highest BCUT2D eigenvalue weighted by Crippen LogP contribution is 1.95. The summed E-state index contributed by atoms with van der Waals surface area (Å²) in [5.41, 5.74) is 0. The molecule has 0 bridgehead atoms. The molecule has 0 aliphatic heterocycles. The highest BCUT2D eigenvalue weighted by molar-refractivity contribution is 5.86. The van der Waals surface area contributed by atoms with Crippen molar-refractivity contribution >= 4 is 17.9 Å². The molecule has 0 saturated heterocycles. The van der Waals surface area contributed by atoms with Gasteiger partial charge in [-0.1, -0.05) is 0 Å². The summed E-state index contributed by atoms with van der Waals surface area (Å²) in [5.74, 6) is -1.48. The van der Waals surface area contributed by atoms with Gasteiger partial charge in [0, 0.05) is 34.2 Å². The van der Waals surface area contributed by atoms with Gasteiger partial charge in [0.1, 0.15) is 12.6 Å². The lowest BCUT2D eigenvalue weighted by molar-refractivity contribution is -0.139. The molecule has 0 fully saturated rings. The maximum atomic E-state index is 11.6. The third-order valence-corrected chi connectivity index (χ3v) is 2.21.